The minimum absolute atomic E-state index is 0.00864. The molecule has 10 rings (SSSR count). The predicted molar refractivity (Wildman–Crippen MR) is 234 cm³/mol. The van der Waals surface area contributed by atoms with Gasteiger partial charge in [0.05, 0.1) is 75.4 Å². The van der Waals surface area contributed by atoms with E-state index in [0.717, 1.165) is 12.1 Å². The maximum Gasteiger partial charge on any atom is 0.347 e. The highest BCUT2D eigenvalue weighted by Crippen LogP contribution is 2.35. The molecule has 0 fully saturated rings. The lowest BCUT2D eigenvalue weighted by molar-refractivity contribution is 0.102. The first-order valence-corrected chi connectivity index (χ1v) is 20.7. The zero-order valence-electron chi connectivity index (χ0n) is 33.1. The van der Waals surface area contributed by atoms with Crippen LogP contribution < -0.4 is 65.1 Å². The van der Waals surface area contributed by atoms with E-state index in [1.165, 1.54) is 84.9 Å². The molecule has 4 aromatic heterocycles. The number of fused-ring (bicyclic) bond motifs is 4. The van der Waals surface area contributed by atoms with E-state index in [9.17, 15) is 56.4 Å². The second-order valence-corrected chi connectivity index (χ2v) is 16.4. The quantitative estimate of drug-likeness (QED) is 0.194. The van der Waals surface area contributed by atoms with Crippen LogP contribution in [0.25, 0.3) is 43.1 Å². The van der Waals surface area contributed by atoms with Gasteiger partial charge in [-0.1, -0.05) is 24.3 Å². The summed E-state index contributed by atoms with van der Waals surface area (Å²) in [5.41, 5.74) is -10.5. The Morgan fingerprint density at radius 2 is 0.701 bits per heavy atom. The van der Waals surface area contributed by atoms with E-state index in [4.69, 9.17) is 9.47 Å². The number of hydrogen-bond donors (Lipinski definition) is 2. The van der Waals surface area contributed by atoms with Crippen molar-refractivity contribution in [2.24, 2.45) is 0 Å². The second-order valence-electron chi connectivity index (χ2n) is 14.5. The molecule has 0 spiro atoms. The molecule has 21 heteroatoms. The van der Waals surface area contributed by atoms with Crippen LogP contribution in [0, 0.1) is 0 Å². The van der Waals surface area contributed by atoms with Crippen LogP contribution in [0.15, 0.2) is 175 Å². The van der Waals surface area contributed by atoms with E-state index >= 15 is 0 Å². The Kier molecular flexibility index (Phi) is 9.43. The fraction of sp³-hybridized carbons (Fsp3) is 0. The summed E-state index contributed by atoms with van der Waals surface area (Å²) in [7, 11) is -4.15. The number of sulfone groups is 1. The molecule has 4 heterocycles. The van der Waals surface area contributed by atoms with Gasteiger partial charge in [-0.3, -0.25) is 9.59 Å². The van der Waals surface area contributed by atoms with Crippen LogP contribution in [0.3, 0.4) is 0 Å². The van der Waals surface area contributed by atoms with E-state index in [0.29, 0.717) is 0 Å². The van der Waals surface area contributed by atoms with E-state index < -0.39 is 121 Å². The Bertz CT molecular complexity index is 3910. The minimum atomic E-state index is -4.15. The van der Waals surface area contributed by atoms with Crippen LogP contribution in [0.1, 0.15) is 20.7 Å². The van der Waals surface area contributed by atoms with Gasteiger partial charge in [0.15, 0.2) is 11.5 Å². The number of rotatable bonds is 10. The highest BCUT2D eigenvalue weighted by molar-refractivity contribution is 7.91. The lowest BCUT2D eigenvalue weighted by Gasteiger charge is -2.14. The topological polar surface area (TPSA) is 300 Å². The molecule has 20 nitrogen and oxygen atoms in total. The molecule has 0 aliphatic heterocycles. The zero-order valence-corrected chi connectivity index (χ0v) is 34.0. The number of ether oxygens (including phenoxy) is 2. The Labute approximate surface area is 367 Å². The molecule has 0 radical (unpaired) electrons. The molecule has 10 aromatic rings. The van der Waals surface area contributed by atoms with Crippen LogP contribution in [0.5, 0.6) is 23.0 Å². The monoisotopic (exact) mass is 920 g/mol. The number of nitrogens with one attached hydrogen (secondary N) is 2. The van der Waals surface area contributed by atoms with Crippen molar-refractivity contribution in [3.05, 3.63) is 204 Å². The summed E-state index contributed by atoms with van der Waals surface area (Å²) >= 11 is 0. The fourth-order valence-electron chi connectivity index (χ4n) is 7.52. The van der Waals surface area contributed by atoms with Crippen LogP contribution >= 0.6 is 0 Å². The Morgan fingerprint density at radius 3 is 1.01 bits per heavy atom. The Balaban J connectivity index is 0.862. The van der Waals surface area contributed by atoms with Gasteiger partial charge in [0.1, 0.15) is 11.5 Å². The summed E-state index contributed by atoms with van der Waals surface area (Å²) in [5, 5.41) is 1.31. The van der Waals surface area contributed by atoms with Crippen molar-refractivity contribution in [3.8, 4) is 23.0 Å². The van der Waals surface area contributed by atoms with Gasteiger partial charge in [-0.15, -0.1) is 0 Å². The second kappa shape index (κ2) is 15.3. The number of hydrogen-bond acceptors (Lipinski definition) is 18. The number of carbonyl (C=O) groups excluding carboxylic acids is 2. The lowest BCUT2D eigenvalue weighted by atomic mass is 10.0. The SMILES string of the molecule is O=C(Nc1ccccc1Oc1ccc(S(=O)(=O)c2ccc(Oc3ccccc3NC(=O)c3c4c(=O)oc(=O)c4cc4c(=O)oc(=O)c34)cc2)cc1)c1c2c(=O)oc(=O)c2cc2c(=O)oc(=O)c12. The van der Waals surface area contributed by atoms with Crippen molar-refractivity contribution < 1.29 is 45.1 Å². The van der Waals surface area contributed by atoms with Crippen LogP contribution in [-0.2, 0) is 9.84 Å². The number of furan rings is 4. The molecule has 0 aliphatic carbocycles. The van der Waals surface area contributed by atoms with Gasteiger partial charge in [-0.05, 0) is 84.9 Å². The molecule has 67 heavy (non-hydrogen) atoms. The molecule has 0 saturated heterocycles. The smallest absolute Gasteiger partial charge is 0.347 e. The molecule has 0 bridgehead atoms. The zero-order chi connectivity index (χ0) is 47.1. The summed E-state index contributed by atoms with van der Waals surface area (Å²) < 4.78 is 57.8. The molecule has 6 aromatic carbocycles. The third-order valence-corrected chi connectivity index (χ3v) is 12.3. The van der Waals surface area contributed by atoms with Crippen molar-refractivity contribution in [3.63, 3.8) is 0 Å². The lowest BCUT2D eigenvalue weighted by Crippen LogP contribution is -2.17. The molecule has 0 unspecified atom stereocenters. The van der Waals surface area contributed by atoms with Crippen molar-refractivity contribution in [1.29, 1.82) is 0 Å². The minimum Gasteiger partial charge on any atom is -0.455 e. The van der Waals surface area contributed by atoms with E-state index in [2.05, 4.69) is 28.3 Å². The summed E-state index contributed by atoms with van der Waals surface area (Å²) in [4.78, 5) is 127. The van der Waals surface area contributed by atoms with Gasteiger partial charge in [0.25, 0.3) is 11.8 Å². The molecule has 0 aliphatic rings. The van der Waals surface area contributed by atoms with Gasteiger partial charge in [0.2, 0.25) is 9.84 Å². The van der Waals surface area contributed by atoms with E-state index in [1.807, 2.05) is 0 Å². The van der Waals surface area contributed by atoms with Crippen LogP contribution in [-0.4, -0.2) is 20.2 Å². The number of carbonyl (C=O) groups is 2. The normalized spacial score (nSPS) is 11.7. The van der Waals surface area contributed by atoms with Gasteiger partial charge in [-0.25, -0.2) is 46.8 Å². The average Bonchev–Trinajstić information content (AvgIpc) is 3.97. The van der Waals surface area contributed by atoms with Gasteiger partial charge in [0, 0.05) is 0 Å². The standard InChI is InChI=1S/C46H20N2O18S/c49-37(35-31-23(39(51)63-43(31)55)17-24-32(35)44(56)64-40(24)52)47-27-5-1-3-7-29(27)61-19-9-13-21(14-10-19)67(59,60)22-15-11-20(12-16-22)62-30-8-4-2-6-28(30)48-38(50)36-33-25(41(53)65-45(33)57)18-26-34(36)46(58)66-42(26)54/h1-18H,(H,47,49)(H,48,50). The molecule has 2 N–H and O–H groups in total. The first-order chi connectivity index (χ1) is 32.1. The van der Waals surface area contributed by atoms with Gasteiger partial charge in [-0.2, -0.15) is 0 Å². The van der Waals surface area contributed by atoms with Gasteiger partial charge >= 0.3 is 45.0 Å². The predicted octanol–water partition coefficient (Wildman–Crippen LogP) is 4.23. The number of amides is 2. The van der Waals surface area contributed by atoms with Crippen molar-refractivity contribution in [1.82, 2.24) is 0 Å². The molecule has 2 amide bonds. The molecule has 0 saturated carbocycles. The first-order valence-electron chi connectivity index (χ1n) is 19.2. The molecule has 328 valence electrons. The van der Waals surface area contributed by atoms with E-state index in [1.54, 1.807) is 12.1 Å². The third kappa shape index (κ3) is 6.81. The average molecular weight is 921 g/mol. The number of anilines is 2. The molecular weight excluding hydrogens is 901 g/mol. The Hall–Kier alpha value is -9.63. The highest BCUT2D eigenvalue weighted by atomic mass is 32.2. The van der Waals surface area contributed by atoms with Crippen molar-refractivity contribution >= 4 is 76.1 Å². The van der Waals surface area contributed by atoms with E-state index in [-0.39, 0.29) is 44.2 Å². The maximum atomic E-state index is 13.7. The number of para-hydroxylation sites is 4. The first kappa shape index (κ1) is 41.4. The highest BCUT2D eigenvalue weighted by Gasteiger charge is 2.29. The summed E-state index contributed by atoms with van der Waals surface area (Å²) in [5.74, 6) is -1.87. The van der Waals surface area contributed by atoms with Crippen molar-refractivity contribution in [2.75, 3.05) is 10.6 Å². The van der Waals surface area contributed by atoms with Crippen LogP contribution in [0.4, 0.5) is 11.4 Å². The largest absolute Gasteiger partial charge is 0.455 e. The molecular formula is C46H20N2O18S. The summed E-state index contributed by atoms with van der Waals surface area (Å²) in [6, 6.07) is 24.2. The van der Waals surface area contributed by atoms with Crippen molar-refractivity contribution in [2.45, 2.75) is 9.79 Å². The fourth-order valence-corrected chi connectivity index (χ4v) is 8.79. The van der Waals surface area contributed by atoms with Crippen LogP contribution in [0.2, 0.25) is 0 Å². The third-order valence-electron chi connectivity index (χ3n) is 10.5. The number of benzene rings is 6. The summed E-state index contributed by atoms with van der Waals surface area (Å²) in [6.07, 6.45) is 0. The maximum absolute atomic E-state index is 13.7. The van der Waals surface area contributed by atoms with Gasteiger partial charge < -0.3 is 37.8 Å². The summed E-state index contributed by atoms with van der Waals surface area (Å²) in [6.45, 7) is 0. The Morgan fingerprint density at radius 1 is 0.403 bits per heavy atom. The molecule has 0 atom stereocenters.